The fourth-order valence-electron chi connectivity index (χ4n) is 2.28. The second-order valence-electron chi connectivity index (χ2n) is 5.63. The van der Waals surface area contributed by atoms with Crippen molar-refractivity contribution in [3.63, 3.8) is 0 Å². The summed E-state index contributed by atoms with van der Waals surface area (Å²) in [7, 11) is 3.07. The molecule has 0 unspecified atom stereocenters. The van der Waals surface area contributed by atoms with E-state index >= 15 is 0 Å². The largest absolute Gasteiger partial charge is 0.496 e. The fraction of sp³-hybridized carbons (Fsp3) is 0.211. The molecule has 2 aromatic carbocycles. The zero-order valence-electron chi connectivity index (χ0n) is 15.3. The molecule has 1 N–H and O–H groups in total. The smallest absolute Gasteiger partial charge is 0.258 e. The number of halogens is 1. The first-order chi connectivity index (χ1) is 13.6. The van der Waals surface area contributed by atoms with Crippen LogP contribution in [0.3, 0.4) is 0 Å². The van der Waals surface area contributed by atoms with Crippen LogP contribution in [0.15, 0.2) is 47.0 Å². The molecule has 146 valence electrons. The molecule has 0 radical (unpaired) electrons. The molecule has 0 saturated carbocycles. The number of methoxy groups -OCH3 is 2. The van der Waals surface area contributed by atoms with Gasteiger partial charge in [0.25, 0.3) is 5.91 Å². The first-order valence-electron chi connectivity index (χ1n) is 8.28. The van der Waals surface area contributed by atoms with Crippen molar-refractivity contribution < 1.29 is 23.5 Å². The summed E-state index contributed by atoms with van der Waals surface area (Å²) in [6.45, 7) is -0.0985. The van der Waals surface area contributed by atoms with Gasteiger partial charge in [-0.1, -0.05) is 16.8 Å². The molecule has 0 spiro atoms. The first kappa shape index (κ1) is 19.5. The molecule has 0 aliphatic rings. The van der Waals surface area contributed by atoms with Crippen LogP contribution in [0.4, 0.5) is 0 Å². The van der Waals surface area contributed by atoms with Crippen LogP contribution in [0.5, 0.6) is 17.2 Å². The molecular weight excluding hydrogens is 386 g/mol. The van der Waals surface area contributed by atoms with Gasteiger partial charge in [-0.25, -0.2) is 0 Å². The normalized spacial score (nSPS) is 10.4. The Bertz CT molecular complexity index is 921. The van der Waals surface area contributed by atoms with Crippen LogP contribution < -0.4 is 19.5 Å². The van der Waals surface area contributed by atoms with Crippen LogP contribution in [0, 0.1) is 0 Å². The molecule has 9 heteroatoms. The first-order valence-corrected chi connectivity index (χ1v) is 8.66. The standard InChI is InChI=1S/C19H18ClN3O5/c1-25-14-7-15(26-2)9-16(8-14)27-11-17(24)21-10-18-22-19(23-28-18)12-3-5-13(20)6-4-12/h3-9H,10-11H2,1-2H3,(H,21,24). The third-order valence-corrected chi connectivity index (χ3v) is 3.95. The third-order valence-electron chi connectivity index (χ3n) is 3.70. The van der Waals surface area contributed by atoms with E-state index in [9.17, 15) is 4.79 Å². The van der Waals surface area contributed by atoms with E-state index in [1.165, 1.54) is 14.2 Å². The maximum Gasteiger partial charge on any atom is 0.258 e. The number of hydrogen-bond acceptors (Lipinski definition) is 7. The minimum atomic E-state index is -0.340. The molecule has 0 aliphatic heterocycles. The fourth-order valence-corrected chi connectivity index (χ4v) is 2.41. The van der Waals surface area contributed by atoms with E-state index in [1.807, 2.05) is 0 Å². The van der Waals surface area contributed by atoms with Crippen molar-refractivity contribution >= 4 is 17.5 Å². The summed E-state index contributed by atoms with van der Waals surface area (Å²) in [6, 6.07) is 12.1. The van der Waals surface area contributed by atoms with Gasteiger partial charge in [0.1, 0.15) is 17.2 Å². The Hall–Kier alpha value is -3.26. The average molecular weight is 404 g/mol. The molecule has 0 aliphatic carbocycles. The number of rotatable bonds is 8. The number of carbonyl (C=O) groups is 1. The van der Waals surface area contributed by atoms with E-state index in [1.54, 1.807) is 42.5 Å². The Balaban J connectivity index is 1.52. The zero-order valence-corrected chi connectivity index (χ0v) is 16.0. The van der Waals surface area contributed by atoms with E-state index in [0.717, 1.165) is 5.56 Å². The van der Waals surface area contributed by atoms with E-state index in [0.29, 0.717) is 28.1 Å². The number of benzene rings is 2. The topological polar surface area (TPSA) is 95.7 Å². The summed E-state index contributed by atoms with van der Waals surface area (Å²) >= 11 is 5.86. The molecule has 1 aromatic heterocycles. The summed E-state index contributed by atoms with van der Waals surface area (Å²) in [5.74, 6) is 1.94. The Morgan fingerprint density at radius 3 is 2.36 bits per heavy atom. The molecule has 1 heterocycles. The minimum Gasteiger partial charge on any atom is -0.496 e. The van der Waals surface area contributed by atoms with Gasteiger partial charge in [-0.2, -0.15) is 4.98 Å². The number of nitrogens with one attached hydrogen (secondary N) is 1. The maximum atomic E-state index is 12.0. The van der Waals surface area contributed by atoms with Gasteiger partial charge in [0.15, 0.2) is 6.61 Å². The molecule has 3 rings (SSSR count). The van der Waals surface area contributed by atoms with Gasteiger partial charge < -0.3 is 24.1 Å². The second-order valence-corrected chi connectivity index (χ2v) is 6.07. The van der Waals surface area contributed by atoms with Gasteiger partial charge in [0.05, 0.1) is 20.8 Å². The predicted molar refractivity (Wildman–Crippen MR) is 102 cm³/mol. The van der Waals surface area contributed by atoms with Gasteiger partial charge in [-0.3, -0.25) is 4.79 Å². The van der Waals surface area contributed by atoms with Crippen LogP contribution in [-0.2, 0) is 11.3 Å². The third kappa shape index (κ3) is 5.14. The molecule has 3 aromatic rings. The summed E-state index contributed by atoms with van der Waals surface area (Å²) in [5, 5.41) is 7.16. The van der Waals surface area contributed by atoms with E-state index < -0.39 is 0 Å². The van der Waals surface area contributed by atoms with Gasteiger partial charge in [-0.15, -0.1) is 0 Å². The lowest BCUT2D eigenvalue weighted by atomic mass is 10.2. The molecule has 28 heavy (non-hydrogen) atoms. The maximum absolute atomic E-state index is 12.0. The monoisotopic (exact) mass is 403 g/mol. The van der Waals surface area contributed by atoms with Crippen LogP contribution >= 0.6 is 11.6 Å². The number of ether oxygens (including phenoxy) is 3. The van der Waals surface area contributed by atoms with Gasteiger partial charge in [0, 0.05) is 28.8 Å². The van der Waals surface area contributed by atoms with Gasteiger partial charge in [0.2, 0.25) is 11.7 Å². The van der Waals surface area contributed by atoms with Crippen molar-refractivity contribution in [3.8, 4) is 28.6 Å². The molecule has 0 bridgehead atoms. The van der Waals surface area contributed by atoms with E-state index in [4.69, 9.17) is 30.3 Å². The predicted octanol–water partition coefficient (Wildman–Crippen LogP) is 3.10. The van der Waals surface area contributed by atoms with Crippen molar-refractivity contribution in [3.05, 3.63) is 53.4 Å². The SMILES string of the molecule is COc1cc(OC)cc(OCC(=O)NCc2nc(-c3ccc(Cl)cc3)no2)c1. The highest BCUT2D eigenvalue weighted by Crippen LogP contribution is 2.27. The number of carbonyl (C=O) groups excluding carboxylic acids is 1. The molecule has 0 saturated heterocycles. The van der Waals surface area contributed by atoms with Crippen molar-refractivity contribution in [1.29, 1.82) is 0 Å². The van der Waals surface area contributed by atoms with Crippen LogP contribution in [0.25, 0.3) is 11.4 Å². The lowest BCUT2D eigenvalue weighted by Gasteiger charge is -2.10. The van der Waals surface area contributed by atoms with Crippen molar-refractivity contribution in [2.75, 3.05) is 20.8 Å². The number of nitrogens with zero attached hydrogens (tertiary/aromatic N) is 2. The Kier molecular flexibility index (Phi) is 6.33. The highest BCUT2D eigenvalue weighted by Gasteiger charge is 2.11. The summed E-state index contributed by atoms with van der Waals surface area (Å²) in [5.41, 5.74) is 0.765. The van der Waals surface area contributed by atoms with Crippen LogP contribution in [-0.4, -0.2) is 36.9 Å². The molecule has 1 amide bonds. The highest BCUT2D eigenvalue weighted by atomic mass is 35.5. The number of aromatic nitrogens is 2. The van der Waals surface area contributed by atoms with Crippen LogP contribution in [0.1, 0.15) is 5.89 Å². The van der Waals surface area contributed by atoms with Gasteiger partial charge in [-0.05, 0) is 24.3 Å². The average Bonchev–Trinajstić information content (AvgIpc) is 3.20. The zero-order chi connectivity index (χ0) is 19.9. The Morgan fingerprint density at radius 1 is 1.07 bits per heavy atom. The van der Waals surface area contributed by atoms with Crippen molar-refractivity contribution in [2.24, 2.45) is 0 Å². The van der Waals surface area contributed by atoms with Crippen molar-refractivity contribution in [2.45, 2.75) is 6.54 Å². The molecule has 0 atom stereocenters. The Morgan fingerprint density at radius 2 is 1.71 bits per heavy atom. The number of hydrogen-bond donors (Lipinski definition) is 1. The summed E-state index contributed by atoms with van der Waals surface area (Å²) in [4.78, 5) is 16.2. The van der Waals surface area contributed by atoms with E-state index in [-0.39, 0.29) is 24.9 Å². The highest BCUT2D eigenvalue weighted by molar-refractivity contribution is 6.30. The molecular formula is C19H18ClN3O5. The van der Waals surface area contributed by atoms with E-state index in [2.05, 4.69) is 15.5 Å². The lowest BCUT2D eigenvalue weighted by Crippen LogP contribution is -2.28. The Labute approximate surface area is 166 Å². The quantitative estimate of drug-likeness (QED) is 0.617. The summed E-state index contributed by atoms with van der Waals surface area (Å²) < 4.78 is 20.9. The molecule has 0 fully saturated rings. The van der Waals surface area contributed by atoms with Crippen LogP contribution in [0.2, 0.25) is 5.02 Å². The lowest BCUT2D eigenvalue weighted by molar-refractivity contribution is -0.123. The van der Waals surface area contributed by atoms with Gasteiger partial charge >= 0.3 is 0 Å². The minimum absolute atomic E-state index is 0.0875. The van der Waals surface area contributed by atoms with Crippen molar-refractivity contribution in [1.82, 2.24) is 15.5 Å². The second kappa shape index (κ2) is 9.09. The summed E-state index contributed by atoms with van der Waals surface area (Å²) in [6.07, 6.45) is 0. The molecule has 8 nitrogen and oxygen atoms in total. The number of amides is 1.